The first kappa shape index (κ1) is 12.6. The maximum Gasteiger partial charge on any atom is 0.165 e. The Morgan fingerprint density at radius 3 is 2.94 bits per heavy atom. The number of ether oxygens (including phenoxy) is 1. The highest BCUT2D eigenvalue weighted by atomic mass is 35.5. The first-order valence-electron chi connectivity index (χ1n) is 6.06. The molecule has 2 nitrogen and oxygen atoms in total. The number of ketones is 1. The summed E-state index contributed by atoms with van der Waals surface area (Å²) in [6.07, 6.45) is 3.15. The van der Waals surface area contributed by atoms with E-state index in [2.05, 4.69) is 0 Å². The Hall–Kier alpha value is -0.860. The maximum atomic E-state index is 12.0. The van der Waals surface area contributed by atoms with Crippen LogP contribution < -0.4 is 0 Å². The molecule has 0 aromatic heterocycles. The van der Waals surface area contributed by atoms with Crippen LogP contribution in [0.15, 0.2) is 18.2 Å². The minimum atomic E-state index is -0.221. The normalized spacial score (nSPS) is 20.2. The Balaban J connectivity index is 2.02. The van der Waals surface area contributed by atoms with E-state index in [0.29, 0.717) is 18.1 Å². The van der Waals surface area contributed by atoms with E-state index in [4.69, 9.17) is 16.3 Å². The average Bonchev–Trinajstić information content (AvgIpc) is 2.34. The van der Waals surface area contributed by atoms with Crippen LogP contribution in [0.1, 0.15) is 30.4 Å². The summed E-state index contributed by atoms with van der Waals surface area (Å²) in [5.74, 6) is 0.149. The minimum Gasteiger partial charge on any atom is -0.370 e. The van der Waals surface area contributed by atoms with Crippen molar-refractivity contribution in [2.75, 3.05) is 6.61 Å². The van der Waals surface area contributed by atoms with Crippen molar-refractivity contribution < 1.29 is 9.53 Å². The second-order valence-electron chi connectivity index (χ2n) is 4.59. The number of carbonyl (C=O) groups is 1. The summed E-state index contributed by atoms with van der Waals surface area (Å²) >= 11 is 6.12. The molecule has 92 valence electrons. The smallest absolute Gasteiger partial charge is 0.165 e. The van der Waals surface area contributed by atoms with Crippen molar-refractivity contribution in [1.82, 2.24) is 0 Å². The Bertz CT molecular complexity index is 409. The topological polar surface area (TPSA) is 26.3 Å². The predicted octanol–water partition coefficient (Wildman–Crippen LogP) is 3.33. The fourth-order valence-corrected chi connectivity index (χ4v) is 2.39. The molecule has 3 heteroatoms. The van der Waals surface area contributed by atoms with Crippen LogP contribution in [0, 0.1) is 6.92 Å². The number of halogens is 1. The number of hydrogen-bond donors (Lipinski definition) is 0. The lowest BCUT2D eigenvalue weighted by Gasteiger charge is -2.21. The summed E-state index contributed by atoms with van der Waals surface area (Å²) in [4.78, 5) is 12.0. The molecule has 1 unspecified atom stereocenters. The van der Waals surface area contributed by atoms with E-state index in [9.17, 15) is 4.79 Å². The molecule has 0 saturated carbocycles. The Labute approximate surface area is 107 Å². The van der Waals surface area contributed by atoms with E-state index in [-0.39, 0.29) is 11.9 Å². The number of carbonyl (C=O) groups excluding carboxylic acids is 1. The summed E-state index contributed by atoms with van der Waals surface area (Å²) in [5.41, 5.74) is 2.01. The molecule has 0 radical (unpaired) electrons. The van der Waals surface area contributed by atoms with Gasteiger partial charge in [-0.1, -0.05) is 23.7 Å². The van der Waals surface area contributed by atoms with Crippen LogP contribution >= 0.6 is 11.6 Å². The molecule has 0 amide bonds. The van der Waals surface area contributed by atoms with Crippen molar-refractivity contribution in [2.24, 2.45) is 0 Å². The number of Topliss-reactive ketones (excluding diaryl/α,β-unsaturated/α-hetero) is 1. The molecule has 0 bridgehead atoms. The summed E-state index contributed by atoms with van der Waals surface area (Å²) in [6, 6.07) is 5.81. The molecule has 17 heavy (non-hydrogen) atoms. The van der Waals surface area contributed by atoms with Gasteiger partial charge in [-0.25, -0.2) is 0 Å². The van der Waals surface area contributed by atoms with Crippen LogP contribution in [0.2, 0.25) is 5.02 Å². The van der Waals surface area contributed by atoms with E-state index in [1.807, 2.05) is 25.1 Å². The van der Waals surface area contributed by atoms with Gasteiger partial charge in [-0.05, 0) is 43.4 Å². The van der Waals surface area contributed by atoms with Crippen LogP contribution in [-0.2, 0) is 16.0 Å². The fraction of sp³-hybridized carbons (Fsp3) is 0.500. The van der Waals surface area contributed by atoms with Gasteiger partial charge in [-0.15, -0.1) is 0 Å². The van der Waals surface area contributed by atoms with Gasteiger partial charge in [0.25, 0.3) is 0 Å². The molecule has 1 aromatic carbocycles. The lowest BCUT2D eigenvalue weighted by atomic mass is 9.99. The maximum absolute atomic E-state index is 12.0. The second kappa shape index (κ2) is 5.65. The third-order valence-corrected chi connectivity index (χ3v) is 3.46. The standard InChI is InChI=1S/C14H17ClO2/c1-10-5-6-11(12(15)8-10)9-13(16)14-4-2-3-7-17-14/h5-6,8,14H,2-4,7,9H2,1H3. The zero-order valence-electron chi connectivity index (χ0n) is 10.0. The van der Waals surface area contributed by atoms with Gasteiger partial charge in [0, 0.05) is 18.1 Å². The first-order chi connectivity index (χ1) is 8.16. The monoisotopic (exact) mass is 252 g/mol. The van der Waals surface area contributed by atoms with Crippen LogP contribution in [0.5, 0.6) is 0 Å². The molecule has 1 fully saturated rings. The van der Waals surface area contributed by atoms with E-state index < -0.39 is 0 Å². The molecule has 1 saturated heterocycles. The molecule has 1 aromatic rings. The highest BCUT2D eigenvalue weighted by Crippen LogP contribution is 2.21. The van der Waals surface area contributed by atoms with Crippen molar-refractivity contribution in [1.29, 1.82) is 0 Å². The summed E-state index contributed by atoms with van der Waals surface area (Å²) < 4.78 is 5.48. The first-order valence-corrected chi connectivity index (χ1v) is 6.44. The lowest BCUT2D eigenvalue weighted by molar-refractivity contribution is -0.132. The van der Waals surface area contributed by atoms with Gasteiger partial charge in [0.05, 0.1) is 0 Å². The number of aryl methyl sites for hydroxylation is 1. The number of hydrogen-bond acceptors (Lipinski definition) is 2. The third kappa shape index (κ3) is 3.30. The Kier molecular flexibility index (Phi) is 4.19. The number of rotatable bonds is 3. The van der Waals surface area contributed by atoms with Crippen LogP contribution in [-0.4, -0.2) is 18.5 Å². The molecule has 1 aliphatic rings. The summed E-state index contributed by atoms with van der Waals surface area (Å²) in [6.45, 7) is 2.69. The quantitative estimate of drug-likeness (QED) is 0.825. The third-order valence-electron chi connectivity index (χ3n) is 3.11. The van der Waals surface area contributed by atoms with Crippen molar-refractivity contribution in [3.63, 3.8) is 0 Å². The molecular weight excluding hydrogens is 236 g/mol. The van der Waals surface area contributed by atoms with Gasteiger partial charge < -0.3 is 4.74 Å². The van der Waals surface area contributed by atoms with E-state index in [1.54, 1.807) is 0 Å². The molecule has 0 N–H and O–H groups in total. The van der Waals surface area contributed by atoms with Gasteiger partial charge in [0.15, 0.2) is 5.78 Å². The fourth-order valence-electron chi connectivity index (χ4n) is 2.09. The zero-order chi connectivity index (χ0) is 12.3. The summed E-state index contributed by atoms with van der Waals surface area (Å²) in [5, 5.41) is 0.675. The van der Waals surface area contributed by atoms with E-state index >= 15 is 0 Å². The summed E-state index contributed by atoms with van der Waals surface area (Å²) in [7, 11) is 0. The van der Waals surface area contributed by atoms with E-state index in [1.165, 1.54) is 0 Å². The van der Waals surface area contributed by atoms with Gasteiger partial charge in [0.2, 0.25) is 0 Å². The van der Waals surface area contributed by atoms with Gasteiger partial charge >= 0.3 is 0 Å². The molecule has 1 aliphatic heterocycles. The largest absolute Gasteiger partial charge is 0.370 e. The van der Waals surface area contributed by atoms with Gasteiger partial charge in [-0.2, -0.15) is 0 Å². The van der Waals surface area contributed by atoms with Crippen molar-refractivity contribution in [2.45, 2.75) is 38.7 Å². The molecule has 2 rings (SSSR count). The van der Waals surface area contributed by atoms with Gasteiger partial charge in [0.1, 0.15) is 6.10 Å². The molecule has 1 heterocycles. The zero-order valence-corrected chi connectivity index (χ0v) is 10.8. The number of benzene rings is 1. The molecule has 1 atom stereocenters. The lowest BCUT2D eigenvalue weighted by Crippen LogP contribution is -2.29. The van der Waals surface area contributed by atoms with Crippen LogP contribution in [0.3, 0.4) is 0 Å². The van der Waals surface area contributed by atoms with Crippen molar-refractivity contribution >= 4 is 17.4 Å². The van der Waals surface area contributed by atoms with Crippen LogP contribution in [0.4, 0.5) is 0 Å². The highest BCUT2D eigenvalue weighted by Gasteiger charge is 2.22. The highest BCUT2D eigenvalue weighted by molar-refractivity contribution is 6.31. The Morgan fingerprint density at radius 2 is 2.29 bits per heavy atom. The SMILES string of the molecule is Cc1ccc(CC(=O)C2CCCCO2)c(Cl)c1. The van der Waals surface area contributed by atoms with Gasteiger partial charge in [-0.3, -0.25) is 4.79 Å². The predicted molar refractivity (Wildman–Crippen MR) is 68.5 cm³/mol. The van der Waals surface area contributed by atoms with Crippen LogP contribution in [0.25, 0.3) is 0 Å². The Morgan fingerprint density at radius 1 is 1.47 bits per heavy atom. The molecule has 0 aliphatic carbocycles. The van der Waals surface area contributed by atoms with Crippen molar-refractivity contribution in [3.8, 4) is 0 Å². The minimum absolute atomic E-state index is 0.149. The second-order valence-corrected chi connectivity index (χ2v) is 5.00. The molecular formula is C14H17ClO2. The average molecular weight is 253 g/mol. The van der Waals surface area contributed by atoms with E-state index in [0.717, 1.165) is 30.4 Å². The van der Waals surface area contributed by atoms with Crippen molar-refractivity contribution in [3.05, 3.63) is 34.3 Å². The molecule has 0 spiro atoms.